The van der Waals surface area contributed by atoms with Gasteiger partial charge in [0.15, 0.2) is 0 Å². The molecular formula is C11H12F3NO2. The molecule has 1 aromatic rings. The zero-order valence-corrected chi connectivity index (χ0v) is 9.17. The molecule has 0 amide bonds. The topological polar surface area (TPSA) is 30.5 Å². The highest BCUT2D eigenvalue weighted by atomic mass is 19.4. The number of anilines is 1. The van der Waals surface area contributed by atoms with Crippen molar-refractivity contribution in [1.82, 2.24) is 0 Å². The summed E-state index contributed by atoms with van der Waals surface area (Å²) in [6, 6.07) is 3.39. The van der Waals surface area contributed by atoms with Gasteiger partial charge in [0.2, 0.25) is 0 Å². The summed E-state index contributed by atoms with van der Waals surface area (Å²) in [5.41, 5.74) is -0.315. The Morgan fingerprint density at radius 2 is 2.24 bits per heavy atom. The van der Waals surface area contributed by atoms with Crippen LogP contribution in [-0.2, 0) is 10.9 Å². The van der Waals surface area contributed by atoms with Crippen molar-refractivity contribution in [3.05, 3.63) is 23.8 Å². The maximum Gasteiger partial charge on any atom is 0.416 e. The van der Waals surface area contributed by atoms with Gasteiger partial charge in [-0.15, -0.1) is 0 Å². The maximum absolute atomic E-state index is 12.5. The molecule has 0 bridgehead atoms. The summed E-state index contributed by atoms with van der Waals surface area (Å²) in [4.78, 5) is 0. The number of fused-ring (bicyclic) bond motifs is 1. The van der Waals surface area contributed by atoms with Crippen molar-refractivity contribution in [2.45, 2.75) is 12.3 Å². The van der Waals surface area contributed by atoms with Crippen molar-refractivity contribution in [1.29, 1.82) is 0 Å². The van der Waals surface area contributed by atoms with E-state index in [9.17, 15) is 13.2 Å². The predicted octanol–water partition coefficient (Wildman–Crippen LogP) is 2.52. The van der Waals surface area contributed by atoms with Crippen LogP contribution in [0.5, 0.6) is 5.75 Å². The molecule has 3 nitrogen and oxygen atoms in total. The third-order valence-electron chi connectivity index (χ3n) is 2.47. The number of hydrogen-bond donors (Lipinski definition) is 1. The highest BCUT2D eigenvalue weighted by molar-refractivity contribution is 5.60. The highest BCUT2D eigenvalue weighted by Crippen LogP contribution is 2.36. The fourth-order valence-electron chi connectivity index (χ4n) is 1.67. The van der Waals surface area contributed by atoms with Gasteiger partial charge in [0.25, 0.3) is 0 Å². The Labute approximate surface area is 96.5 Å². The highest BCUT2D eigenvalue weighted by Gasteiger charge is 2.32. The Kier molecular flexibility index (Phi) is 3.15. The molecule has 2 rings (SSSR count). The SMILES string of the molecule is COCC1CNc2cc(C(F)(F)F)ccc2O1. The minimum absolute atomic E-state index is 0.177. The molecule has 0 fully saturated rings. The van der Waals surface area contributed by atoms with Gasteiger partial charge < -0.3 is 14.8 Å². The maximum atomic E-state index is 12.5. The van der Waals surface area contributed by atoms with Crippen molar-refractivity contribution in [3.8, 4) is 5.75 Å². The molecule has 94 valence electrons. The smallest absolute Gasteiger partial charge is 0.416 e. The van der Waals surface area contributed by atoms with E-state index in [0.29, 0.717) is 24.6 Å². The number of halogens is 3. The molecule has 0 saturated carbocycles. The molecule has 0 aliphatic carbocycles. The van der Waals surface area contributed by atoms with E-state index >= 15 is 0 Å². The Bertz CT molecular complexity index is 406. The molecular weight excluding hydrogens is 235 g/mol. The number of rotatable bonds is 2. The lowest BCUT2D eigenvalue weighted by Gasteiger charge is -2.27. The lowest BCUT2D eigenvalue weighted by Crippen LogP contribution is -2.34. The summed E-state index contributed by atoms with van der Waals surface area (Å²) in [5.74, 6) is 0.423. The van der Waals surface area contributed by atoms with Gasteiger partial charge in [-0.1, -0.05) is 0 Å². The number of ether oxygens (including phenoxy) is 2. The van der Waals surface area contributed by atoms with Crippen LogP contribution < -0.4 is 10.1 Å². The average Bonchev–Trinajstić information content (AvgIpc) is 2.27. The number of hydrogen-bond acceptors (Lipinski definition) is 3. The van der Waals surface area contributed by atoms with Crippen LogP contribution in [0, 0.1) is 0 Å². The first kappa shape index (κ1) is 12.0. The Hall–Kier alpha value is -1.43. The van der Waals surface area contributed by atoms with Crippen molar-refractivity contribution in [3.63, 3.8) is 0 Å². The van der Waals surface area contributed by atoms with Gasteiger partial charge in [0, 0.05) is 7.11 Å². The van der Waals surface area contributed by atoms with E-state index < -0.39 is 11.7 Å². The largest absolute Gasteiger partial charge is 0.484 e. The molecule has 0 saturated heterocycles. The molecule has 0 radical (unpaired) electrons. The van der Waals surface area contributed by atoms with Crippen LogP contribution in [0.4, 0.5) is 18.9 Å². The van der Waals surface area contributed by atoms with Crippen LogP contribution in [-0.4, -0.2) is 26.4 Å². The molecule has 6 heteroatoms. The second-order valence-corrected chi connectivity index (χ2v) is 3.78. The second-order valence-electron chi connectivity index (χ2n) is 3.78. The van der Waals surface area contributed by atoms with Gasteiger partial charge in [-0.25, -0.2) is 0 Å². The minimum atomic E-state index is -4.33. The molecule has 0 spiro atoms. The van der Waals surface area contributed by atoms with Crippen LogP contribution in [0.25, 0.3) is 0 Å². The molecule has 0 aromatic heterocycles. The van der Waals surface area contributed by atoms with Crippen molar-refractivity contribution >= 4 is 5.69 Å². The summed E-state index contributed by atoms with van der Waals surface area (Å²) in [5, 5.41) is 2.90. The summed E-state index contributed by atoms with van der Waals surface area (Å²) >= 11 is 0. The van der Waals surface area contributed by atoms with E-state index in [1.54, 1.807) is 7.11 Å². The van der Waals surface area contributed by atoms with Crippen LogP contribution in [0.3, 0.4) is 0 Å². The molecule has 1 N–H and O–H groups in total. The van der Waals surface area contributed by atoms with E-state index in [1.165, 1.54) is 6.07 Å². The van der Waals surface area contributed by atoms with Crippen LogP contribution in [0.1, 0.15) is 5.56 Å². The Balaban J connectivity index is 2.20. The summed E-state index contributed by atoms with van der Waals surface area (Å²) in [6.45, 7) is 0.829. The number of benzene rings is 1. The monoisotopic (exact) mass is 247 g/mol. The first-order chi connectivity index (χ1) is 8.00. The van der Waals surface area contributed by atoms with E-state index in [0.717, 1.165) is 12.1 Å². The zero-order chi connectivity index (χ0) is 12.5. The molecule has 1 unspecified atom stereocenters. The molecule has 1 atom stereocenters. The van der Waals surface area contributed by atoms with Crippen molar-refractivity contribution < 1.29 is 22.6 Å². The molecule has 17 heavy (non-hydrogen) atoms. The van der Waals surface area contributed by atoms with Gasteiger partial charge >= 0.3 is 6.18 Å². The van der Waals surface area contributed by atoms with Crippen LogP contribution >= 0.6 is 0 Å². The molecule has 1 aliphatic rings. The van der Waals surface area contributed by atoms with Gasteiger partial charge in [0.1, 0.15) is 11.9 Å². The quantitative estimate of drug-likeness (QED) is 0.871. The predicted molar refractivity (Wildman–Crippen MR) is 56.2 cm³/mol. The fourth-order valence-corrected chi connectivity index (χ4v) is 1.67. The Morgan fingerprint density at radius 1 is 1.47 bits per heavy atom. The first-order valence-electron chi connectivity index (χ1n) is 5.11. The molecule has 1 heterocycles. The van der Waals surface area contributed by atoms with E-state index in [-0.39, 0.29) is 6.10 Å². The molecule has 1 aromatic carbocycles. The summed E-state index contributed by atoms with van der Waals surface area (Å²) < 4.78 is 47.8. The zero-order valence-electron chi connectivity index (χ0n) is 9.17. The third kappa shape index (κ3) is 2.63. The van der Waals surface area contributed by atoms with Gasteiger partial charge in [0.05, 0.1) is 24.4 Å². The number of alkyl halides is 3. The minimum Gasteiger partial charge on any atom is -0.484 e. The van der Waals surface area contributed by atoms with Crippen molar-refractivity contribution in [2.24, 2.45) is 0 Å². The normalized spacial score (nSPS) is 19.2. The van der Waals surface area contributed by atoms with E-state index in [2.05, 4.69) is 5.32 Å². The fraction of sp³-hybridized carbons (Fsp3) is 0.455. The Morgan fingerprint density at radius 3 is 2.88 bits per heavy atom. The number of nitrogens with one attached hydrogen (secondary N) is 1. The van der Waals surface area contributed by atoms with Crippen LogP contribution in [0.15, 0.2) is 18.2 Å². The summed E-state index contributed by atoms with van der Waals surface area (Å²) in [7, 11) is 1.55. The lowest BCUT2D eigenvalue weighted by molar-refractivity contribution is -0.137. The molecule has 1 aliphatic heterocycles. The first-order valence-corrected chi connectivity index (χ1v) is 5.11. The van der Waals surface area contributed by atoms with E-state index in [1.807, 2.05) is 0 Å². The third-order valence-corrected chi connectivity index (χ3v) is 2.47. The summed E-state index contributed by atoms with van der Waals surface area (Å²) in [6.07, 6.45) is -4.51. The average molecular weight is 247 g/mol. The number of methoxy groups -OCH3 is 1. The van der Waals surface area contributed by atoms with Gasteiger partial charge in [-0.3, -0.25) is 0 Å². The van der Waals surface area contributed by atoms with Gasteiger partial charge in [-0.05, 0) is 18.2 Å². The second kappa shape index (κ2) is 4.44. The lowest BCUT2D eigenvalue weighted by atomic mass is 10.1. The van der Waals surface area contributed by atoms with E-state index in [4.69, 9.17) is 9.47 Å². The van der Waals surface area contributed by atoms with Gasteiger partial charge in [-0.2, -0.15) is 13.2 Å². The van der Waals surface area contributed by atoms with Crippen molar-refractivity contribution in [2.75, 3.05) is 25.6 Å². The standard InChI is InChI=1S/C11H12F3NO2/c1-16-6-8-5-15-9-4-7(11(12,13)14)2-3-10(9)17-8/h2-4,8,15H,5-6H2,1H3. The van der Waals surface area contributed by atoms with Crippen LogP contribution in [0.2, 0.25) is 0 Å².